The fourth-order valence-electron chi connectivity index (χ4n) is 3.87. The van der Waals surface area contributed by atoms with Gasteiger partial charge in [0, 0.05) is 10.9 Å². The molecule has 4 aromatic carbocycles. The van der Waals surface area contributed by atoms with E-state index in [1.54, 1.807) is 18.2 Å². The second-order valence-electron chi connectivity index (χ2n) is 8.23. The van der Waals surface area contributed by atoms with E-state index < -0.39 is 29.2 Å². The van der Waals surface area contributed by atoms with Gasteiger partial charge in [-0.3, -0.25) is 0 Å². The van der Waals surface area contributed by atoms with Gasteiger partial charge in [0.1, 0.15) is 23.0 Å². The Morgan fingerprint density at radius 3 is 2.03 bits per heavy atom. The first-order valence-corrected chi connectivity index (χ1v) is 11.1. The number of benzene rings is 4. The van der Waals surface area contributed by atoms with Gasteiger partial charge in [0.05, 0.1) is 5.56 Å². The summed E-state index contributed by atoms with van der Waals surface area (Å²) in [6.07, 6.45) is -1.89. The molecule has 0 aliphatic rings. The third-order valence-corrected chi connectivity index (χ3v) is 5.73. The van der Waals surface area contributed by atoms with E-state index in [1.807, 2.05) is 18.2 Å². The summed E-state index contributed by atoms with van der Waals surface area (Å²) in [5.41, 5.74) is 0.845. The van der Waals surface area contributed by atoms with Crippen LogP contribution in [0.1, 0.15) is 42.0 Å². The second kappa shape index (κ2) is 9.87. The molecule has 178 valence electrons. The molecule has 35 heavy (non-hydrogen) atoms. The third-order valence-electron chi connectivity index (χ3n) is 5.73. The molecular formula is C29H20F6. The van der Waals surface area contributed by atoms with Crippen LogP contribution in [0, 0.1) is 29.3 Å². The van der Waals surface area contributed by atoms with Crippen molar-refractivity contribution in [1.82, 2.24) is 0 Å². The van der Waals surface area contributed by atoms with Crippen LogP contribution in [0.15, 0.2) is 66.7 Å². The van der Waals surface area contributed by atoms with Crippen LogP contribution in [-0.2, 0) is 12.6 Å². The van der Waals surface area contributed by atoms with Gasteiger partial charge < -0.3 is 0 Å². The lowest BCUT2D eigenvalue weighted by Crippen LogP contribution is -2.11. The maximum Gasteiger partial charge on any atom is 0.422 e. The van der Waals surface area contributed by atoms with E-state index in [0.29, 0.717) is 22.9 Å². The molecule has 0 saturated carbocycles. The van der Waals surface area contributed by atoms with E-state index in [0.717, 1.165) is 30.4 Å². The molecule has 0 nitrogen and oxygen atoms in total. The number of hydrogen-bond acceptors (Lipinski definition) is 0. The van der Waals surface area contributed by atoms with Gasteiger partial charge in [-0.2, -0.15) is 13.2 Å². The highest BCUT2D eigenvalue weighted by Gasteiger charge is 2.37. The molecule has 0 amide bonds. The number of fused-ring (bicyclic) bond motifs is 1. The van der Waals surface area contributed by atoms with Crippen molar-refractivity contribution in [1.29, 1.82) is 0 Å². The second-order valence-corrected chi connectivity index (χ2v) is 8.23. The van der Waals surface area contributed by atoms with Crippen molar-refractivity contribution in [2.24, 2.45) is 0 Å². The summed E-state index contributed by atoms with van der Waals surface area (Å²) < 4.78 is 80.8. The van der Waals surface area contributed by atoms with E-state index in [1.165, 1.54) is 11.6 Å². The van der Waals surface area contributed by atoms with Gasteiger partial charge in [-0.15, -0.1) is 0 Å². The Balaban J connectivity index is 1.63. The molecule has 0 spiro atoms. The fourth-order valence-corrected chi connectivity index (χ4v) is 3.87. The molecule has 0 heterocycles. The first-order chi connectivity index (χ1) is 16.7. The summed E-state index contributed by atoms with van der Waals surface area (Å²) in [4.78, 5) is 0. The monoisotopic (exact) mass is 482 g/mol. The first-order valence-electron chi connectivity index (χ1n) is 11.1. The standard InChI is InChI=1S/C29H20F6/c1-2-3-4-18-5-8-20(9-6-18)22-13-14-24-23(17-22)12-11-21(28(24)32)10-7-19-15-25(30)27(26(31)16-19)29(33,34)35/h5-6,8-9,11-17H,2-4H2,1H3. The molecule has 4 rings (SSSR count). The minimum atomic E-state index is -5.17. The summed E-state index contributed by atoms with van der Waals surface area (Å²) in [6, 6.07) is 17.6. The number of unbranched alkanes of at least 4 members (excludes halogenated alkanes) is 1. The van der Waals surface area contributed by atoms with Crippen molar-refractivity contribution < 1.29 is 26.3 Å². The van der Waals surface area contributed by atoms with Crippen LogP contribution in [0.4, 0.5) is 26.3 Å². The Morgan fingerprint density at radius 1 is 0.743 bits per heavy atom. The van der Waals surface area contributed by atoms with E-state index in [2.05, 4.69) is 30.9 Å². The fraction of sp³-hybridized carbons (Fsp3) is 0.172. The largest absolute Gasteiger partial charge is 0.422 e. The molecule has 6 heteroatoms. The van der Waals surface area contributed by atoms with Gasteiger partial charge in [-0.1, -0.05) is 67.6 Å². The Bertz CT molecular complexity index is 1410. The minimum absolute atomic E-state index is 0.0359. The lowest BCUT2D eigenvalue weighted by Gasteiger charge is -2.09. The zero-order valence-electron chi connectivity index (χ0n) is 18.7. The van der Waals surface area contributed by atoms with Crippen LogP contribution in [-0.4, -0.2) is 0 Å². The quantitative estimate of drug-likeness (QED) is 0.202. The molecule has 0 saturated heterocycles. The van der Waals surface area contributed by atoms with Gasteiger partial charge in [-0.05, 0) is 59.2 Å². The van der Waals surface area contributed by atoms with Crippen LogP contribution < -0.4 is 0 Å². The van der Waals surface area contributed by atoms with Crippen LogP contribution in [0.3, 0.4) is 0 Å². The van der Waals surface area contributed by atoms with E-state index >= 15 is 4.39 Å². The number of rotatable bonds is 4. The molecule has 0 N–H and O–H groups in total. The van der Waals surface area contributed by atoms with Crippen LogP contribution in [0.25, 0.3) is 21.9 Å². The molecule has 0 aliphatic heterocycles. The normalized spacial score (nSPS) is 11.4. The van der Waals surface area contributed by atoms with E-state index in [4.69, 9.17) is 0 Å². The number of hydrogen-bond donors (Lipinski definition) is 0. The smallest absolute Gasteiger partial charge is 0.206 e. The van der Waals surface area contributed by atoms with Crippen molar-refractivity contribution in [3.05, 3.63) is 106 Å². The van der Waals surface area contributed by atoms with Gasteiger partial charge in [0.2, 0.25) is 0 Å². The van der Waals surface area contributed by atoms with Crippen molar-refractivity contribution in [3.63, 3.8) is 0 Å². The topological polar surface area (TPSA) is 0 Å². The average Bonchev–Trinajstić information content (AvgIpc) is 2.81. The lowest BCUT2D eigenvalue weighted by molar-refractivity contribution is -0.142. The van der Waals surface area contributed by atoms with Crippen molar-refractivity contribution in [3.8, 4) is 23.0 Å². The summed E-state index contributed by atoms with van der Waals surface area (Å²) in [5.74, 6) is 0.646. The Morgan fingerprint density at radius 2 is 1.40 bits per heavy atom. The zero-order valence-corrected chi connectivity index (χ0v) is 18.7. The molecule has 0 fully saturated rings. The highest BCUT2D eigenvalue weighted by atomic mass is 19.4. The molecule has 0 aromatic heterocycles. The Kier molecular flexibility index (Phi) is 6.88. The molecule has 4 aromatic rings. The molecule has 0 aliphatic carbocycles. The number of halogens is 6. The molecule has 0 radical (unpaired) electrons. The number of alkyl halides is 3. The Hall–Kier alpha value is -3.72. The zero-order chi connectivity index (χ0) is 25.2. The van der Waals surface area contributed by atoms with Crippen molar-refractivity contribution in [2.75, 3.05) is 0 Å². The van der Waals surface area contributed by atoms with E-state index in [-0.39, 0.29) is 11.1 Å². The SMILES string of the molecule is CCCCc1ccc(-c2ccc3c(F)c(C#Cc4cc(F)c(C(F)(F)F)c(F)c4)ccc3c2)cc1. The molecular weight excluding hydrogens is 462 g/mol. The Labute approximate surface area is 199 Å². The predicted molar refractivity (Wildman–Crippen MR) is 125 cm³/mol. The van der Waals surface area contributed by atoms with Gasteiger partial charge in [0.15, 0.2) is 0 Å². The highest BCUT2D eigenvalue weighted by Crippen LogP contribution is 2.34. The van der Waals surface area contributed by atoms with Gasteiger partial charge in [-0.25, -0.2) is 13.2 Å². The van der Waals surface area contributed by atoms with Crippen LogP contribution in [0.2, 0.25) is 0 Å². The predicted octanol–water partition coefficient (Wildman–Crippen LogP) is 8.69. The summed E-state index contributed by atoms with van der Waals surface area (Å²) in [7, 11) is 0. The van der Waals surface area contributed by atoms with Gasteiger partial charge >= 0.3 is 6.18 Å². The van der Waals surface area contributed by atoms with Crippen molar-refractivity contribution >= 4 is 10.8 Å². The van der Waals surface area contributed by atoms with E-state index in [9.17, 15) is 22.0 Å². The number of aryl methyl sites for hydroxylation is 1. The van der Waals surface area contributed by atoms with Crippen LogP contribution in [0.5, 0.6) is 0 Å². The average molecular weight is 482 g/mol. The molecule has 0 bridgehead atoms. The minimum Gasteiger partial charge on any atom is -0.206 e. The third kappa shape index (κ3) is 5.35. The summed E-state index contributed by atoms with van der Waals surface area (Å²) in [5, 5.41) is 0.956. The van der Waals surface area contributed by atoms with Crippen molar-refractivity contribution in [2.45, 2.75) is 32.4 Å². The summed E-state index contributed by atoms with van der Waals surface area (Å²) in [6.45, 7) is 2.15. The first kappa shape index (κ1) is 24.4. The van der Waals surface area contributed by atoms with Gasteiger partial charge in [0.25, 0.3) is 0 Å². The van der Waals surface area contributed by atoms with Crippen LogP contribution >= 0.6 is 0 Å². The summed E-state index contributed by atoms with van der Waals surface area (Å²) >= 11 is 0. The highest BCUT2D eigenvalue weighted by molar-refractivity contribution is 5.89. The molecule has 0 atom stereocenters. The maximum atomic E-state index is 15.1. The lowest BCUT2D eigenvalue weighted by atomic mass is 9.98. The maximum absolute atomic E-state index is 15.1. The molecule has 0 unspecified atom stereocenters.